The SMILES string of the molecule is O=C(O)c1cc(O)ccc1NOCc1ccc(NC(=O)c2ccc(O)cc2C(=O)O)cc1. The molecule has 10 heteroatoms. The first-order valence-electron chi connectivity index (χ1n) is 9.15. The summed E-state index contributed by atoms with van der Waals surface area (Å²) in [6, 6.07) is 13.7. The summed E-state index contributed by atoms with van der Waals surface area (Å²) in [6.45, 7) is 0.0648. The van der Waals surface area contributed by atoms with Crippen LogP contribution in [-0.4, -0.2) is 38.3 Å². The molecule has 0 aliphatic carbocycles. The molecular weight excluding hydrogens is 420 g/mol. The molecule has 0 atom stereocenters. The van der Waals surface area contributed by atoms with Crippen LogP contribution in [0.4, 0.5) is 11.4 Å². The third-order valence-electron chi connectivity index (χ3n) is 4.34. The number of hydrogen-bond acceptors (Lipinski definition) is 7. The molecule has 164 valence electrons. The summed E-state index contributed by atoms with van der Waals surface area (Å²) < 4.78 is 0. The van der Waals surface area contributed by atoms with E-state index in [9.17, 15) is 29.7 Å². The Bertz CT molecular complexity index is 1180. The molecule has 0 saturated heterocycles. The van der Waals surface area contributed by atoms with Crippen molar-refractivity contribution in [1.82, 2.24) is 0 Å². The third kappa shape index (κ3) is 5.32. The number of carbonyl (C=O) groups is 3. The Morgan fingerprint density at radius 1 is 0.750 bits per heavy atom. The minimum Gasteiger partial charge on any atom is -0.508 e. The van der Waals surface area contributed by atoms with E-state index in [1.165, 1.54) is 24.3 Å². The lowest BCUT2D eigenvalue weighted by Crippen LogP contribution is -2.16. The van der Waals surface area contributed by atoms with Crippen LogP contribution >= 0.6 is 0 Å². The van der Waals surface area contributed by atoms with Gasteiger partial charge in [0.15, 0.2) is 0 Å². The number of phenolic OH excluding ortho intramolecular Hbond substituents is 2. The van der Waals surface area contributed by atoms with Crippen LogP contribution in [0.3, 0.4) is 0 Å². The topological polar surface area (TPSA) is 165 Å². The van der Waals surface area contributed by atoms with Crippen molar-refractivity contribution in [2.24, 2.45) is 0 Å². The normalized spacial score (nSPS) is 10.4. The molecule has 0 unspecified atom stereocenters. The highest BCUT2D eigenvalue weighted by atomic mass is 16.6. The molecule has 3 aromatic rings. The molecule has 0 heterocycles. The Labute approximate surface area is 181 Å². The zero-order valence-corrected chi connectivity index (χ0v) is 16.4. The average Bonchev–Trinajstić information content (AvgIpc) is 2.75. The summed E-state index contributed by atoms with van der Waals surface area (Å²) >= 11 is 0. The van der Waals surface area contributed by atoms with Gasteiger partial charge in [-0.15, -0.1) is 0 Å². The fraction of sp³-hybridized carbons (Fsp3) is 0.0455. The van der Waals surface area contributed by atoms with Crippen LogP contribution in [0.25, 0.3) is 0 Å². The van der Waals surface area contributed by atoms with Crippen molar-refractivity contribution in [3.63, 3.8) is 0 Å². The zero-order valence-electron chi connectivity index (χ0n) is 16.4. The van der Waals surface area contributed by atoms with Crippen molar-refractivity contribution >= 4 is 29.2 Å². The lowest BCUT2D eigenvalue weighted by atomic mass is 10.1. The Morgan fingerprint density at radius 2 is 1.34 bits per heavy atom. The second kappa shape index (κ2) is 9.49. The van der Waals surface area contributed by atoms with Crippen molar-refractivity contribution in [2.75, 3.05) is 10.8 Å². The maximum absolute atomic E-state index is 12.4. The van der Waals surface area contributed by atoms with Crippen LogP contribution in [0, 0.1) is 0 Å². The van der Waals surface area contributed by atoms with E-state index >= 15 is 0 Å². The number of phenols is 2. The number of carboxylic acid groups (broad SMARTS) is 2. The molecule has 0 saturated carbocycles. The third-order valence-corrected chi connectivity index (χ3v) is 4.34. The number of rotatable bonds is 8. The molecule has 3 rings (SSSR count). The van der Waals surface area contributed by atoms with Gasteiger partial charge in [0.1, 0.15) is 11.5 Å². The van der Waals surface area contributed by atoms with E-state index in [0.717, 1.165) is 12.1 Å². The first-order valence-corrected chi connectivity index (χ1v) is 9.15. The number of benzene rings is 3. The molecule has 0 bridgehead atoms. The maximum atomic E-state index is 12.4. The van der Waals surface area contributed by atoms with Crippen LogP contribution < -0.4 is 10.8 Å². The van der Waals surface area contributed by atoms with E-state index in [4.69, 9.17) is 9.94 Å². The standard InChI is InChI=1S/C22H18N2O8/c25-14-5-7-16(17(9-14)21(28)29)20(27)23-13-3-1-12(2-4-13)11-32-24-19-8-6-15(26)10-18(19)22(30)31/h1-10,24-26H,11H2,(H,23,27)(H,28,29)(H,30,31). The molecule has 0 aliphatic rings. The first-order chi connectivity index (χ1) is 15.2. The van der Waals surface area contributed by atoms with Gasteiger partial charge in [0, 0.05) is 5.69 Å². The predicted octanol–water partition coefficient (Wildman–Crippen LogP) is 3.29. The molecule has 32 heavy (non-hydrogen) atoms. The summed E-state index contributed by atoms with van der Waals surface area (Å²) in [7, 11) is 0. The van der Waals surface area contributed by atoms with Crippen molar-refractivity contribution < 1.29 is 39.6 Å². The minimum absolute atomic E-state index is 0.0648. The Morgan fingerprint density at radius 3 is 1.97 bits per heavy atom. The van der Waals surface area contributed by atoms with Gasteiger partial charge in [0.25, 0.3) is 5.91 Å². The molecule has 0 fully saturated rings. The van der Waals surface area contributed by atoms with E-state index in [2.05, 4.69) is 10.8 Å². The minimum atomic E-state index is -1.34. The van der Waals surface area contributed by atoms with E-state index in [0.29, 0.717) is 11.3 Å². The second-order valence-corrected chi connectivity index (χ2v) is 6.61. The van der Waals surface area contributed by atoms with Crippen molar-refractivity contribution in [2.45, 2.75) is 6.61 Å². The smallest absolute Gasteiger partial charge is 0.338 e. The highest BCUT2D eigenvalue weighted by Gasteiger charge is 2.17. The molecule has 0 aliphatic heterocycles. The van der Waals surface area contributed by atoms with E-state index in [1.807, 2.05) is 0 Å². The maximum Gasteiger partial charge on any atom is 0.338 e. The molecule has 3 aromatic carbocycles. The Hall–Kier alpha value is -4.57. The van der Waals surface area contributed by atoms with E-state index in [1.54, 1.807) is 24.3 Å². The fourth-order valence-corrected chi connectivity index (χ4v) is 2.79. The number of aromatic hydroxyl groups is 2. The molecule has 1 amide bonds. The first kappa shape index (κ1) is 22.1. The van der Waals surface area contributed by atoms with Crippen LogP contribution in [-0.2, 0) is 11.4 Å². The number of carboxylic acids is 2. The molecule has 6 N–H and O–H groups in total. The average molecular weight is 438 g/mol. The van der Waals surface area contributed by atoms with Crippen molar-refractivity contribution in [3.05, 3.63) is 82.9 Å². The Kier molecular flexibility index (Phi) is 6.56. The van der Waals surface area contributed by atoms with Crippen LogP contribution in [0.15, 0.2) is 60.7 Å². The van der Waals surface area contributed by atoms with Gasteiger partial charge in [-0.05, 0) is 54.1 Å². The lowest BCUT2D eigenvalue weighted by molar-refractivity contribution is 0.0684. The van der Waals surface area contributed by atoms with Crippen LogP contribution in [0.2, 0.25) is 0 Å². The number of anilines is 2. The molecule has 0 spiro atoms. The van der Waals surface area contributed by atoms with Crippen LogP contribution in [0.5, 0.6) is 11.5 Å². The zero-order chi connectivity index (χ0) is 23.3. The van der Waals surface area contributed by atoms with E-state index < -0.39 is 17.8 Å². The number of amides is 1. The summed E-state index contributed by atoms with van der Waals surface area (Å²) in [5.74, 6) is -3.67. The van der Waals surface area contributed by atoms with Gasteiger partial charge in [0.05, 0.1) is 29.0 Å². The van der Waals surface area contributed by atoms with Gasteiger partial charge in [-0.1, -0.05) is 12.1 Å². The number of aromatic carboxylic acids is 2. The van der Waals surface area contributed by atoms with Crippen molar-refractivity contribution in [1.29, 1.82) is 0 Å². The van der Waals surface area contributed by atoms with Crippen LogP contribution in [0.1, 0.15) is 36.6 Å². The second-order valence-electron chi connectivity index (χ2n) is 6.61. The van der Waals surface area contributed by atoms with Gasteiger partial charge in [-0.3, -0.25) is 15.1 Å². The highest BCUT2D eigenvalue weighted by Crippen LogP contribution is 2.22. The molecule has 0 aromatic heterocycles. The molecular formula is C22H18N2O8. The van der Waals surface area contributed by atoms with Gasteiger partial charge >= 0.3 is 11.9 Å². The lowest BCUT2D eigenvalue weighted by Gasteiger charge is -2.11. The molecule has 0 radical (unpaired) electrons. The molecule has 10 nitrogen and oxygen atoms in total. The quantitative estimate of drug-likeness (QED) is 0.228. The summed E-state index contributed by atoms with van der Waals surface area (Å²) in [5, 5.41) is 39.8. The van der Waals surface area contributed by atoms with Gasteiger partial charge in [-0.25, -0.2) is 9.59 Å². The van der Waals surface area contributed by atoms with Gasteiger partial charge in [-0.2, -0.15) is 0 Å². The highest BCUT2D eigenvalue weighted by molar-refractivity contribution is 6.10. The summed E-state index contributed by atoms with van der Waals surface area (Å²) in [5.41, 5.74) is 3.21. The van der Waals surface area contributed by atoms with E-state index in [-0.39, 0.29) is 40.5 Å². The Balaban J connectivity index is 1.61. The number of carbonyl (C=O) groups excluding carboxylic acids is 1. The van der Waals surface area contributed by atoms with Gasteiger partial charge in [0.2, 0.25) is 0 Å². The number of hydrogen-bond donors (Lipinski definition) is 6. The summed E-state index contributed by atoms with van der Waals surface area (Å²) in [6.07, 6.45) is 0. The fourth-order valence-electron chi connectivity index (χ4n) is 2.79. The monoisotopic (exact) mass is 438 g/mol. The van der Waals surface area contributed by atoms with Crippen molar-refractivity contribution in [3.8, 4) is 11.5 Å². The summed E-state index contributed by atoms with van der Waals surface area (Å²) in [4.78, 5) is 40.2. The largest absolute Gasteiger partial charge is 0.508 e. The predicted molar refractivity (Wildman–Crippen MR) is 113 cm³/mol. The van der Waals surface area contributed by atoms with Gasteiger partial charge < -0.3 is 25.7 Å². The number of nitrogens with one attached hydrogen (secondary N) is 2.